The zero-order valence-electron chi connectivity index (χ0n) is 20.6. The number of nitrogens with zero attached hydrogens (tertiary/aromatic N) is 2. The number of hydrogen-bond acceptors (Lipinski definition) is 8. The molecule has 0 heterocycles. The summed E-state index contributed by atoms with van der Waals surface area (Å²) < 4.78 is 10.3. The van der Waals surface area contributed by atoms with Gasteiger partial charge in [0.05, 0.1) is 6.17 Å². The summed E-state index contributed by atoms with van der Waals surface area (Å²) in [6, 6.07) is 9.22. The van der Waals surface area contributed by atoms with Crippen molar-refractivity contribution in [3.05, 3.63) is 35.9 Å². The summed E-state index contributed by atoms with van der Waals surface area (Å²) >= 11 is 0. The number of carbonyl (C=O) groups excluding carboxylic acids is 3. The van der Waals surface area contributed by atoms with Crippen LogP contribution in [0.1, 0.15) is 45.6 Å². The van der Waals surface area contributed by atoms with Crippen LogP contribution in [0.25, 0.3) is 0 Å². The zero-order chi connectivity index (χ0) is 24.9. The van der Waals surface area contributed by atoms with E-state index in [0.29, 0.717) is 19.5 Å². The maximum atomic E-state index is 12.0. The fraction of sp³-hybridized carbons (Fsp3) is 0.625. The van der Waals surface area contributed by atoms with Crippen LogP contribution in [0.5, 0.6) is 0 Å². The zero-order valence-corrected chi connectivity index (χ0v) is 20.6. The second kappa shape index (κ2) is 14.6. The van der Waals surface area contributed by atoms with Crippen LogP contribution in [0.2, 0.25) is 0 Å². The summed E-state index contributed by atoms with van der Waals surface area (Å²) in [5.41, 5.74) is 6.49. The first-order valence-corrected chi connectivity index (χ1v) is 11.3. The van der Waals surface area contributed by atoms with E-state index in [1.807, 2.05) is 70.1 Å². The molecular formula is C24H40N4O5. The van der Waals surface area contributed by atoms with Crippen molar-refractivity contribution >= 4 is 17.8 Å². The van der Waals surface area contributed by atoms with Gasteiger partial charge in [0.1, 0.15) is 12.2 Å². The van der Waals surface area contributed by atoms with E-state index in [1.54, 1.807) is 0 Å². The van der Waals surface area contributed by atoms with Gasteiger partial charge in [-0.15, -0.1) is 0 Å². The summed E-state index contributed by atoms with van der Waals surface area (Å²) in [4.78, 5) is 39.6. The first-order valence-electron chi connectivity index (χ1n) is 11.3. The number of ether oxygens (including phenoxy) is 2. The Labute approximate surface area is 197 Å². The van der Waals surface area contributed by atoms with Gasteiger partial charge < -0.3 is 25.4 Å². The number of amides is 1. The van der Waals surface area contributed by atoms with Crippen molar-refractivity contribution in [1.29, 1.82) is 0 Å². The number of ketones is 1. The topological polar surface area (TPSA) is 114 Å². The molecular weight excluding hydrogens is 424 g/mol. The lowest BCUT2D eigenvalue weighted by atomic mass is 10.2. The predicted molar refractivity (Wildman–Crippen MR) is 127 cm³/mol. The molecule has 9 heteroatoms. The van der Waals surface area contributed by atoms with Gasteiger partial charge in [-0.3, -0.25) is 9.69 Å². The molecule has 1 unspecified atom stereocenters. The number of alkyl carbamates (subject to hydrolysis) is 1. The number of carbonyl (C=O) groups is 3. The average Bonchev–Trinajstić information content (AvgIpc) is 2.76. The average molecular weight is 465 g/mol. The lowest BCUT2D eigenvalue weighted by Gasteiger charge is -2.27. The maximum Gasteiger partial charge on any atom is 0.407 e. The fourth-order valence-electron chi connectivity index (χ4n) is 2.86. The third kappa shape index (κ3) is 13.6. The van der Waals surface area contributed by atoms with Gasteiger partial charge in [0.25, 0.3) is 0 Å². The van der Waals surface area contributed by atoms with Crippen molar-refractivity contribution in [2.45, 2.75) is 58.4 Å². The van der Waals surface area contributed by atoms with Gasteiger partial charge in [0.2, 0.25) is 5.78 Å². The molecule has 0 aliphatic rings. The number of likely N-dealkylation sites (N-methyl/N-ethyl adjacent to an activating group) is 2. The Morgan fingerprint density at radius 2 is 1.73 bits per heavy atom. The highest BCUT2D eigenvalue weighted by atomic mass is 16.6. The molecule has 0 aliphatic heterocycles. The molecule has 1 amide bonds. The van der Waals surface area contributed by atoms with Gasteiger partial charge in [-0.2, -0.15) is 0 Å². The molecule has 186 valence electrons. The third-order valence-corrected chi connectivity index (χ3v) is 4.89. The number of benzene rings is 1. The highest BCUT2D eigenvalue weighted by molar-refractivity contribution is 6.33. The van der Waals surface area contributed by atoms with Gasteiger partial charge in [-0.1, -0.05) is 30.3 Å². The Morgan fingerprint density at radius 1 is 1.06 bits per heavy atom. The molecule has 0 saturated heterocycles. The first kappa shape index (κ1) is 28.5. The standard InChI is InChI=1S/C24H40N4O5/c1-24(2,3)33-23(31)26-14-9-15-27(4)16-17-28(5)21(25)13-12-20(29)22(30)32-18-19-10-7-6-8-11-19/h6-8,10-11,21H,9,12-18,25H2,1-5H3,(H,26,31). The lowest BCUT2D eigenvalue weighted by Crippen LogP contribution is -2.43. The number of hydrogen-bond donors (Lipinski definition) is 2. The largest absolute Gasteiger partial charge is 0.455 e. The Bertz CT molecular complexity index is 736. The number of rotatable bonds is 14. The summed E-state index contributed by atoms with van der Waals surface area (Å²) in [5.74, 6) is -1.39. The van der Waals surface area contributed by atoms with Crippen molar-refractivity contribution in [1.82, 2.24) is 15.1 Å². The quantitative estimate of drug-likeness (QED) is 0.186. The molecule has 9 nitrogen and oxygen atoms in total. The predicted octanol–water partition coefficient (Wildman–Crippen LogP) is 2.14. The third-order valence-electron chi connectivity index (χ3n) is 4.89. The van der Waals surface area contributed by atoms with E-state index >= 15 is 0 Å². The van der Waals surface area contributed by atoms with Gasteiger partial charge in [0, 0.05) is 26.1 Å². The van der Waals surface area contributed by atoms with Crippen LogP contribution < -0.4 is 11.1 Å². The first-order chi connectivity index (χ1) is 15.5. The van der Waals surface area contributed by atoms with Gasteiger partial charge in [0.15, 0.2) is 0 Å². The highest BCUT2D eigenvalue weighted by Gasteiger charge is 2.19. The van der Waals surface area contributed by atoms with E-state index in [9.17, 15) is 14.4 Å². The monoisotopic (exact) mass is 464 g/mol. The molecule has 33 heavy (non-hydrogen) atoms. The SMILES string of the molecule is CN(CCCNC(=O)OC(C)(C)C)CCN(C)C(N)CCC(=O)C(=O)OCc1ccccc1. The maximum absolute atomic E-state index is 12.0. The van der Waals surface area contributed by atoms with E-state index in [0.717, 1.165) is 25.1 Å². The van der Waals surface area contributed by atoms with Crippen LogP contribution in [-0.4, -0.2) is 79.7 Å². The van der Waals surface area contributed by atoms with Crippen molar-refractivity contribution in [2.24, 2.45) is 5.73 Å². The second-order valence-corrected chi connectivity index (χ2v) is 9.16. The minimum atomic E-state index is -0.826. The van der Waals surface area contributed by atoms with E-state index in [4.69, 9.17) is 15.2 Å². The molecule has 0 aliphatic carbocycles. The van der Waals surface area contributed by atoms with Gasteiger partial charge in [-0.25, -0.2) is 9.59 Å². The molecule has 0 aromatic heterocycles. The van der Waals surface area contributed by atoms with Crippen LogP contribution in [0.15, 0.2) is 30.3 Å². The molecule has 3 N–H and O–H groups in total. The second-order valence-electron chi connectivity index (χ2n) is 9.16. The lowest BCUT2D eigenvalue weighted by molar-refractivity contribution is -0.155. The number of nitrogens with two attached hydrogens (primary N) is 1. The van der Waals surface area contributed by atoms with Crippen molar-refractivity contribution in [3.63, 3.8) is 0 Å². The van der Waals surface area contributed by atoms with E-state index in [1.165, 1.54) is 0 Å². The molecule has 0 fully saturated rings. The van der Waals surface area contributed by atoms with Gasteiger partial charge in [-0.05, 0) is 59.8 Å². The Balaban J connectivity index is 2.17. The van der Waals surface area contributed by atoms with Crippen LogP contribution >= 0.6 is 0 Å². The van der Waals surface area contributed by atoms with Gasteiger partial charge >= 0.3 is 12.1 Å². The summed E-state index contributed by atoms with van der Waals surface area (Å²) in [7, 11) is 3.89. The Morgan fingerprint density at radius 3 is 2.36 bits per heavy atom. The van der Waals surface area contributed by atoms with Crippen molar-refractivity contribution in [2.75, 3.05) is 40.3 Å². The Hall–Kier alpha value is -2.49. The smallest absolute Gasteiger partial charge is 0.407 e. The molecule has 0 spiro atoms. The fourth-order valence-corrected chi connectivity index (χ4v) is 2.86. The molecule has 1 aromatic carbocycles. The minimum absolute atomic E-state index is 0.0469. The molecule has 0 bridgehead atoms. The summed E-state index contributed by atoms with van der Waals surface area (Å²) in [5, 5.41) is 2.74. The summed E-state index contributed by atoms with van der Waals surface area (Å²) in [6.45, 7) is 8.41. The Kier molecular flexibility index (Phi) is 12.6. The van der Waals surface area contributed by atoms with E-state index < -0.39 is 23.4 Å². The van der Waals surface area contributed by atoms with Crippen molar-refractivity contribution < 1.29 is 23.9 Å². The van der Waals surface area contributed by atoms with E-state index in [2.05, 4.69) is 10.2 Å². The van der Waals surface area contributed by atoms with Crippen LogP contribution in [0, 0.1) is 0 Å². The van der Waals surface area contributed by atoms with Crippen molar-refractivity contribution in [3.8, 4) is 0 Å². The van der Waals surface area contributed by atoms with E-state index in [-0.39, 0.29) is 19.2 Å². The molecule has 1 aromatic rings. The molecule has 0 radical (unpaired) electrons. The summed E-state index contributed by atoms with van der Waals surface area (Å²) in [6.07, 6.45) is 0.475. The molecule has 1 rings (SSSR count). The van der Waals surface area contributed by atoms with Crippen LogP contribution in [-0.2, 0) is 25.7 Å². The minimum Gasteiger partial charge on any atom is -0.455 e. The molecule has 1 atom stereocenters. The normalized spacial score (nSPS) is 12.5. The number of esters is 1. The number of nitrogens with one attached hydrogen (secondary N) is 1. The number of Topliss-reactive ketones (excluding diaryl/α,β-unsaturated/α-hetero) is 1. The van der Waals surface area contributed by atoms with Crippen LogP contribution in [0.4, 0.5) is 4.79 Å². The highest BCUT2D eigenvalue weighted by Crippen LogP contribution is 2.07. The van der Waals surface area contributed by atoms with Crippen LogP contribution in [0.3, 0.4) is 0 Å². The molecule has 0 saturated carbocycles.